The molecule has 1 atom stereocenters. The predicted octanol–water partition coefficient (Wildman–Crippen LogP) is 3.55. The normalized spacial score (nSPS) is 14.9. The highest BCUT2D eigenvalue weighted by atomic mass is 28.4. The van der Waals surface area contributed by atoms with E-state index in [1.807, 2.05) is 0 Å². The van der Waals surface area contributed by atoms with E-state index >= 15 is 0 Å². The summed E-state index contributed by atoms with van der Waals surface area (Å²) in [5, 5.41) is 7.40. The molecule has 0 aromatic heterocycles. The van der Waals surface area contributed by atoms with Crippen molar-refractivity contribution in [2.24, 2.45) is 0 Å². The third-order valence-electron chi connectivity index (χ3n) is 8.84. The summed E-state index contributed by atoms with van der Waals surface area (Å²) >= 11 is 0. The summed E-state index contributed by atoms with van der Waals surface area (Å²) in [7, 11) is -6.43. The van der Waals surface area contributed by atoms with E-state index in [9.17, 15) is 4.79 Å². The van der Waals surface area contributed by atoms with E-state index in [1.54, 1.807) is 0 Å². The number of hydrogen-bond acceptors (Lipinski definition) is 3. The summed E-state index contributed by atoms with van der Waals surface area (Å²) in [6.45, 7) is 0.349. The molecule has 44 heavy (non-hydrogen) atoms. The quantitative estimate of drug-likeness (QED) is 0.144. The highest BCUT2D eigenvalue weighted by Gasteiger charge is 2.63. The third-order valence-corrected chi connectivity index (χ3v) is 19.9. The number of carbonyl (C=O) groups excluding carboxylic acids is 1. The van der Waals surface area contributed by atoms with Gasteiger partial charge in [0, 0.05) is 0 Å². The molecule has 1 heterocycles. The Morgan fingerprint density at radius 2 is 0.636 bits per heavy atom. The van der Waals surface area contributed by atoms with E-state index in [1.165, 1.54) is 31.1 Å². The zero-order valence-electron chi connectivity index (χ0n) is 24.4. The van der Waals surface area contributed by atoms with Gasteiger partial charge >= 0.3 is 5.97 Å². The van der Waals surface area contributed by atoms with Crippen LogP contribution >= 0.6 is 0 Å². The van der Waals surface area contributed by atoms with Crippen molar-refractivity contribution < 1.29 is 9.53 Å². The van der Waals surface area contributed by atoms with Gasteiger partial charge in [0.05, 0.1) is 0 Å². The zero-order valence-corrected chi connectivity index (χ0v) is 26.4. The topological polar surface area (TPSA) is 29.5 Å². The summed E-state index contributed by atoms with van der Waals surface area (Å²) in [5.74, 6) is -0.163. The lowest BCUT2D eigenvalue weighted by Gasteiger charge is -2.57. The summed E-state index contributed by atoms with van der Waals surface area (Å²) in [6, 6.07) is 64.9. The Bertz CT molecular complexity index is 1500. The van der Waals surface area contributed by atoms with Gasteiger partial charge in [0.15, 0.2) is 0 Å². The van der Waals surface area contributed by atoms with Gasteiger partial charge < -0.3 is 8.97 Å². The highest BCUT2D eigenvalue weighted by molar-refractivity contribution is 7.22. The number of carbonyl (C=O) groups is 1. The Balaban J connectivity index is 1.73. The molecule has 7 rings (SSSR count). The van der Waals surface area contributed by atoms with Crippen LogP contribution in [0.5, 0.6) is 0 Å². The standard InChI is InChI=1S/C39H33NO2Si2/c41-39-38(31-42-39)40(43(32-19-7-1-8-20-32,33-21-9-2-10-22-33)34-23-11-3-12-24-34)44(35-25-13-4-14-26-35,36-27-15-5-16-28-36)37-29-17-6-18-30-37/h1-30,38H,31H2. The largest absolute Gasteiger partial charge is 0.462 e. The van der Waals surface area contributed by atoms with Gasteiger partial charge in [-0.25, -0.2) is 0 Å². The molecule has 3 nitrogen and oxygen atoms in total. The summed E-state index contributed by atoms with van der Waals surface area (Å²) in [5.41, 5.74) is 0. The fourth-order valence-corrected chi connectivity index (χ4v) is 20.4. The highest BCUT2D eigenvalue weighted by Crippen LogP contribution is 2.29. The second-order valence-corrected chi connectivity index (χ2v) is 18.8. The summed E-state index contributed by atoms with van der Waals surface area (Å²) in [4.78, 5) is 13.9. The molecule has 1 aliphatic heterocycles. The van der Waals surface area contributed by atoms with E-state index in [0.717, 1.165) is 0 Å². The SMILES string of the molecule is O=C1OCC1N([Si](c1ccccc1)(c1ccccc1)c1ccccc1)[Si](c1ccccc1)(c1ccccc1)c1ccccc1. The smallest absolute Gasteiger partial charge is 0.325 e. The number of benzene rings is 6. The van der Waals surface area contributed by atoms with Crippen LogP contribution in [0, 0.1) is 0 Å². The van der Waals surface area contributed by atoms with Crippen LogP contribution in [-0.4, -0.2) is 39.3 Å². The van der Waals surface area contributed by atoms with Gasteiger partial charge in [0.2, 0.25) is 16.5 Å². The molecule has 0 N–H and O–H groups in total. The average Bonchev–Trinajstić information content (AvgIpc) is 3.11. The predicted molar refractivity (Wildman–Crippen MR) is 185 cm³/mol. The van der Waals surface area contributed by atoms with E-state index in [0.29, 0.717) is 6.61 Å². The number of nitrogens with zero attached hydrogens (tertiary/aromatic N) is 1. The third kappa shape index (κ3) is 4.49. The first-order valence-corrected chi connectivity index (χ1v) is 19.0. The molecule has 1 fully saturated rings. The second kappa shape index (κ2) is 12.1. The van der Waals surface area contributed by atoms with Gasteiger partial charge in [-0.2, -0.15) is 0 Å². The second-order valence-electron chi connectivity index (χ2n) is 11.1. The Morgan fingerprint density at radius 3 is 0.795 bits per heavy atom. The van der Waals surface area contributed by atoms with Crippen molar-refractivity contribution in [3.8, 4) is 0 Å². The fourth-order valence-electron chi connectivity index (χ4n) is 7.04. The molecule has 214 valence electrons. The molecule has 0 spiro atoms. The maximum Gasteiger partial charge on any atom is 0.325 e. The molecule has 0 aliphatic carbocycles. The molecule has 0 saturated carbocycles. The molecule has 0 bridgehead atoms. The lowest BCUT2D eigenvalue weighted by molar-refractivity contribution is -0.165. The van der Waals surface area contributed by atoms with Crippen molar-refractivity contribution in [1.82, 2.24) is 4.23 Å². The van der Waals surface area contributed by atoms with Crippen molar-refractivity contribution in [3.63, 3.8) is 0 Å². The first-order chi connectivity index (χ1) is 21.8. The Hall–Kier alpha value is -4.82. The minimum atomic E-state index is -3.22. The lowest BCUT2D eigenvalue weighted by atomic mass is 10.3. The van der Waals surface area contributed by atoms with Crippen LogP contribution in [0.4, 0.5) is 0 Å². The summed E-state index contributed by atoms with van der Waals surface area (Å²) in [6.07, 6.45) is 0. The van der Waals surface area contributed by atoms with E-state index < -0.39 is 22.5 Å². The van der Waals surface area contributed by atoms with Crippen LogP contribution in [0.1, 0.15) is 0 Å². The fraction of sp³-hybridized carbons (Fsp3) is 0.0513. The van der Waals surface area contributed by atoms with Crippen LogP contribution in [0.2, 0.25) is 0 Å². The molecular formula is C39H33NO2Si2. The molecule has 0 radical (unpaired) electrons. The van der Waals surface area contributed by atoms with Crippen LogP contribution in [0.15, 0.2) is 182 Å². The minimum Gasteiger partial charge on any atom is -0.462 e. The van der Waals surface area contributed by atoms with E-state index in [2.05, 4.69) is 186 Å². The Morgan fingerprint density at radius 1 is 0.409 bits per heavy atom. The van der Waals surface area contributed by atoms with Gasteiger partial charge in [0.25, 0.3) is 0 Å². The zero-order chi connectivity index (χ0) is 29.8. The Kier molecular flexibility index (Phi) is 7.67. The minimum absolute atomic E-state index is 0.163. The van der Waals surface area contributed by atoms with Crippen molar-refractivity contribution in [2.75, 3.05) is 6.61 Å². The Labute approximate surface area is 261 Å². The van der Waals surface area contributed by atoms with Gasteiger partial charge in [-0.05, 0) is 31.1 Å². The molecule has 1 aliphatic rings. The summed E-state index contributed by atoms with van der Waals surface area (Å²) < 4.78 is 8.42. The van der Waals surface area contributed by atoms with Crippen molar-refractivity contribution >= 4 is 53.6 Å². The molecule has 0 amide bonds. The van der Waals surface area contributed by atoms with Gasteiger partial charge in [0.1, 0.15) is 12.6 Å². The molecule has 1 saturated heterocycles. The van der Waals surface area contributed by atoms with Crippen LogP contribution in [0.3, 0.4) is 0 Å². The van der Waals surface area contributed by atoms with Crippen LogP contribution in [0.25, 0.3) is 0 Å². The molecular weight excluding hydrogens is 571 g/mol. The number of rotatable bonds is 9. The van der Waals surface area contributed by atoms with Crippen molar-refractivity contribution in [2.45, 2.75) is 6.04 Å². The molecule has 6 aromatic rings. The maximum atomic E-state index is 13.9. The number of cyclic esters (lactones) is 1. The maximum absolute atomic E-state index is 13.9. The monoisotopic (exact) mass is 603 g/mol. The first kappa shape index (κ1) is 28.0. The van der Waals surface area contributed by atoms with E-state index in [4.69, 9.17) is 4.74 Å². The van der Waals surface area contributed by atoms with Gasteiger partial charge in [-0.1, -0.05) is 182 Å². The number of hydrogen-bond donors (Lipinski definition) is 0. The van der Waals surface area contributed by atoms with Crippen LogP contribution < -0.4 is 31.1 Å². The molecule has 5 heteroatoms. The molecule has 6 aromatic carbocycles. The van der Waals surface area contributed by atoms with E-state index in [-0.39, 0.29) is 5.97 Å². The lowest BCUT2D eigenvalue weighted by Crippen LogP contribution is -2.93. The van der Waals surface area contributed by atoms with Crippen LogP contribution in [-0.2, 0) is 9.53 Å². The van der Waals surface area contributed by atoms with Gasteiger partial charge in [-0.3, -0.25) is 4.79 Å². The van der Waals surface area contributed by atoms with Crippen molar-refractivity contribution in [1.29, 1.82) is 0 Å². The molecule has 1 unspecified atom stereocenters. The number of esters is 1. The first-order valence-electron chi connectivity index (χ1n) is 15.1. The number of ether oxygens (including phenoxy) is 1. The van der Waals surface area contributed by atoms with Crippen molar-refractivity contribution in [3.05, 3.63) is 182 Å². The average molecular weight is 604 g/mol. The van der Waals surface area contributed by atoms with Gasteiger partial charge in [-0.15, -0.1) is 0 Å².